The number of hydrogen-bond donors (Lipinski definition) is 2. The Kier molecular flexibility index (Phi) is 5.52. The summed E-state index contributed by atoms with van der Waals surface area (Å²) in [6, 6.07) is 27.0. The van der Waals surface area contributed by atoms with Crippen LogP contribution in [0, 0.1) is 0 Å². The van der Waals surface area contributed by atoms with E-state index in [1.165, 1.54) is 27.2 Å². The summed E-state index contributed by atoms with van der Waals surface area (Å²) in [5.41, 5.74) is 5.21. The number of ether oxygens (including phenoxy) is 1. The van der Waals surface area contributed by atoms with E-state index in [0.717, 1.165) is 31.8 Å². The number of fused-ring (bicyclic) bond motifs is 1. The average molecular weight is 360 g/mol. The highest BCUT2D eigenvalue weighted by molar-refractivity contribution is 5.63. The Bertz CT molecular complexity index is 861. The monoisotopic (exact) mass is 360 g/mol. The van der Waals surface area contributed by atoms with Gasteiger partial charge in [-0.2, -0.15) is 0 Å². The van der Waals surface area contributed by atoms with Gasteiger partial charge in [-0.3, -0.25) is 0 Å². The van der Waals surface area contributed by atoms with Gasteiger partial charge in [0.2, 0.25) is 0 Å². The molecule has 1 aliphatic heterocycles. The van der Waals surface area contributed by atoms with Gasteiger partial charge >= 0.3 is 0 Å². The lowest BCUT2D eigenvalue weighted by atomic mass is 10.00. The number of nitrogens with one attached hydrogen (secondary N) is 1. The van der Waals surface area contributed by atoms with E-state index in [0.29, 0.717) is 6.61 Å². The van der Waals surface area contributed by atoms with Crippen LogP contribution in [0.5, 0.6) is 5.75 Å². The van der Waals surface area contributed by atoms with E-state index >= 15 is 0 Å². The molecule has 3 aromatic rings. The van der Waals surface area contributed by atoms with Gasteiger partial charge in [-0.05, 0) is 28.8 Å². The van der Waals surface area contributed by atoms with Crippen molar-refractivity contribution in [2.75, 3.05) is 19.7 Å². The number of quaternary nitrogens is 1. The van der Waals surface area contributed by atoms with Crippen molar-refractivity contribution in [1.82, 2.24) is 0 Å². The van der Waals surface area contributed by atoms with Gasteiger partial charge in [0.1, 0.15) is 31.5 Å². The third-order valence-corrected chi connectivity index (χ3v) is 5.23. The molecule has 0 radical (unpaired) electrons. The zero-order valence-corrected chi connectivity index (χ0v) is 15.5. The van der Waals surface area contributed by atoms with Crippen molar-refractivity contribution in [1.29, 1.82) is 0 Å². The second-order valence-electron chi connectivity index (χ2n) is 7.25. The van der Waals surface area contributed by atoms with E-state index in [4.69, 9.17) is 4.74 Å². The summed E-state index contributed by atoms with van der Waals surface area (Å²) in [6.45, 7) is 3.10. The Morgan fingerprint density at radius 3 is 2.26 bits per heavy atom. The quantitative estimate of drug-likeness (QED) is 0.709. The van der Waals surface area contributed by atoms with Crippen LogP contribution in [0.15, 0.2) is 78.9 Å². The minimum atomic E-state index is -0.459. The lowest BCUT2D eigenvalue weighted by molar-refractivity contribution is -0.918. The van der Waals surface area contributed by atoms with Crippen LogP contribution in [0.2, 0.25) is 0 Å². The van der Waals surface area contributed by atoms with Crippen molar-refractivity contribution in [2.45, 2.75) is 19.1 Å². The highest BCUT2D eigenvalue weighted by atomic mass is 16.5. The molecular weight excluding hydrogens is 334 g/mol. The fourth-order valence-corrected chi connectivity index (χ4v) is 3.78. The van der Waals surface area contributed by atoms with Gasteiger partial charge in [-0.25, -0.2) is 0 Å². The summed E-state index contributed by atoms with van der Waals surface area (Å²) in [4.78, 5) is 1.42. The third-order valence-electron chi connectivity index (χ3n) is 5.23. The van der Waals surface area contributed by atoms with Gasteiger partial charge in [-0.1, -0.05) is 66.7 Å². The molecule has 0 amide bonds. The topological polar surface area (TPSA) is 33.9 Å². The molecule has 1 heterocycles. The van der Waals surface area contributed by atoms with E-state index in [1.807, 2.05) is 30.3 Å². The maximum absolute atomic E-state index is 10.4. The largest absolute Gasteiger partial charge is 0.491 e. The van der Waals surface area contributed by atoms with E-state index in [-0.39, 0.29) is 0 Å². The van der Waals surface area contributed by atoms with Crippen LogP contribution in [0.25, 0.3) is 11.1 Å². The lowest BCUT2D eigenvalue weighted by Crippen LogP contribution is -3.13. The molecule has 1 aliphatic rings. The molecule has 0 saturated carbocycles. The molecule has 0 bridgehead atoms. The van der Waals surface area contributed by atoms with Crippen LogP contribution < -0.4 is 9.64 Å². The first-order chi connectivity index (χ1) is 13.3. The molecule has 0 aromatic heterocycles. The van der Waals surface area contributed by atoms with Crippen LogP contribution in [-0.2, 0) is 13.0 Å². The summed E-state index contributed by atoms with van der Waals surface area (Å²) < 4.78 is 5.81. The Labute approximate surface area is 160 Å². The minimum Gasteiger partial charge on any atom is -0.491 e. The second-order valence-corrected chi connectivity index (χ2v) is 7.25. The molecule has 2 N–H and O–H groups in total. The molecule has 1 unspecified atom stereocenters. The Hall–Kier alpha value is -2.62. The van der Waals surface area contributed by atoms with Crippen LogP contribution >= 0.6 is 0 Å². The second kappa shape index (κ2) is 8.38. The SMILES string of the molecule is O[C@H](COc1ccc(-c2ccccc2)cc1)C[NH+]1CCc2ccccc2C1. The fourth-order valence-electron chi connectivity index (χ4n) is 3.78. The lowest BCUT2D eigenvalue weighted by Gasteiger charge is -2.27. The first-order valence-electron chi connectivity index (χ1n) is 9.64. The Morgan fingerprint density at radius 2 is 1.48 bits per heavy atom. The van der Waals surface area contributed by atoms with Crippen LogP contribution in [0.3, 0.4) is 0 Å². The molecule has 3 heteroatoms. The molecule has 2 atom stereocenters. The van der Waals surface area contributed by atoms with Gasteiger partial charge in [0.25, 0.3) is 0 Å². The van der Waals surface area contributed by atoms with Crippen LogP contribution in [-0.4, -0.2) is 30.9 Å². The molecular formula is C24H26NO2+. The predicted octanol–water partition coefficient (Wildman–Crippen LogP) is 2.73. The number of aliphatic hydroxyl groups excluding tert-OH is 1. The fraction of sp³-hybridized carbons (Fsp3) is 0.250. The number of hydrogen-bond acceptors (Lipinski definition) is 2. The van der Waals surface area contributed by atoms with Crippen molar-refractivity contribution in [3.8, 4) is 16.9 Å². The van der Waals surface area contributed by atoms with Crippen molar-refractivity contribution in [2.24, 2.45) is 0 Å². The average Bonchev–Trinajstić information content (AvgIpc) is 2.73. The summed E-state index contributed by atoms with van der Waals surface area (Å²) in [6.07, 6.45) is 0.624. The third kappa shape index (κ3) is 4.57. The Balaban J connectivity index is 1.28. The number of aliphatic hydroxyl groups is 1. The van der Waals surface area contributed by atoms with Crippen LogP contribution in [0.4, 0.5) is 0 Å². The summed E-state index contributed by atoms with van der Waals surface area (Å²) in [5, 5.41) is 10.4. The smallest absolute Gasteiger partial charge is 0.137 e. The molecule has 3 aromatic carbocycles. The van der Waals surface area contributed by atoms with Crippen molar-refractivity contribution >= 4 is 0 Å². The molecule has 0 saturated heterocycles. The standard InChI is InChI=1S/C24H25NO2/c26-23(17-25-15-14-20-8-4-5-9-22(20)16-25)18-27-24-12-10-21(11-13-24)19-6-2-1-3-7-19/h1-13,23,26H,14-18H2/p+1/t23-/m0/s1. The summed E-state index contributed by atoms with van der Waals surface area (Å²) in [7, 11) is 0. The predicted molar refractivity (Wildman–Crippen MR) is 108 cm³/mol. The molecule has 3 nitrogen and oxygen atoms in total. The Morgan fingerprint density at radius 1 is 0.815 bits per heavy atom. The molecule has 27 heavy (non-hydrogen) atoms. The highest BCUT2D eigenvalue weighted by Crippen LogP contribution is 2.22. The first kappa shape index (κ1) is 17.8. The zero-order chi connectivity index (χ0) is 18.5. The molecule has 0 fully saturated rings. The van der Waals surface area contributed by atoms with E-state index in [9.17, 15) is 5.11 Å². The normalized spacial score (nSPS) is 17.1. The minimum absolute atomic E-state index is 0.329. The van der Waals surface area contributed by atoms with Crippen LogP contribution in [0.1, 0.15) is 11.1 Å². The maximum Gasteiger partial charge on any atom is 0.137 e. The van der Waals surface area contributed by atoms with E-state index in [1.54, 1.807) is 0 Å². The molecule has 0 spiro atoms. The summed E-state index contributed by atoms with van der Waals surface area (Å²) >= 11 is 0. The molecule has 0 aliphatic carbocycles. The van der Waals surface area contributed by atoms with Crippen molar-refractivity contribution < 1.29 is 14.7 Å². The van der Waals surface area contributed by atoms with E-state index < -0.39 is 6.10 Å². The number of benzene rings is 3. The van der Waals surface area contributed by atoms with Gasteiger partial charge in [0.05, 0.1) is 6.54 Å². The summed E-state index contributed by atoms with van der Waals surface area (Å²) in [5.74, 6) is 0.799. The van der Waals surface area contributed by atoms with Gasteiger partial charge in [0.15, 0.2) is 0 Å². The number of rotatable bonds is 6. The van der Waals surface area contributed by atoms with Crippen molar-refractivity contribution in [3.05, 3.63) is 90.0 Å². The first-order valence-corrected chi connectivity index (χ1v) is 9.64. The van der Waals surface area contributed by atoms with Gasteiger partial charge in [0, 0.05) is 12.0 Å². The zero-order valence-electron chi connectivity index (χ0n) is 15.5. The van der Waals surface area contributed by atoms with Crippen molar-refractivity contribution in [3.63, 3.8) is 0 Å². The van der Waals surface area contributed by atoms with Gasteiger partial charge < -0.3 is 14.7 Å². The molecule has 138 valence electrons. The van der Waals surface area contributed by atoms with Gasteiger partial charge in [-0.15, -0.1) is 0 Å². The molecule has 4 rings (SSSR count). The highest BCUT2D eigenvalue weighted by Gasteiger charge is 2.21. The van der Waals surface area contributed by atoms with E-state index in [2.05, 4.69) is 48.5 Å². The maximum atomic E-state index is 10.4.